The predicted molar refractivity (Wildman–Crippen MR) is 84.9 cm³/mol. The summed E-state index contributed by atoms with van der Waals surface area (Å²) in [5.41, 5.74) is -0.830. The van der Waals surface area contributed by atoms with Crippen LogP contribution in [-0.2, 0) is 4.79 Å². The molecule has 2 N–H and O–H groups in total. The molecule has 1 aromatic heterocycles. The maximum absolute atomic E-state index is 12.5. The molecule has 0 aliphatic rings. The molecule has 25 heavy (non-hydrogen) atoms. The molecule has 0 spiro atoms. The van der Waals surface area contributed by atoms with E-state index >= 15 is 0 Å². The molecule has 0 saturated carbocycles. The van der Waals surface area contributed by atoms with Gasteiger partial charge in [0.25, 0.3) is 5.56 Å². The van der Waals surface area contributed by atoms with Crippen molar-refractivity contribution in [3.8, 4) is 5.69 Å². The number of carbonyl (C=O) groups excluding carboxylic acids is 1. The minimum absolute atomic E-state index is 0.114. The van der Waals surface area contributed by atoms with Gasteiger partial charge in [0, 0.05) is 5.69 Å². The number of nitrogens with one attached hydrogen (secondary N) is 2. The maximum Gasteiger partial charge on any atom is 0.471 e. The first-order valence-electron chi connectivity index (χ1n) is 7.00. The monoisotopic (exact) mass is 349 g/mol. The zero-order valence-electron chi connectivity index (χ0n) is 12.4. The molecule has 0 saturated heterocycles. The van der Waals surface area contributed by atoms with Crippen molar-refractivity contribution in [3.05, 3.63) is 69.4 Å². The predicted octanol–water partition coefficient (Wildman–Crippen LogP) is 2.18. The topological polar surface area (TPSA) is 84.0 Å². The van der Waals surface area contributed by atoms with Crippen molar-refractivity contribution in [1.29, 1.82) is 0 Å². The summed E-state index contributed by atoms with van der Waals surface area (Å²) in [7, 11) is 0. The van der Waals surface area contributed by atoms with Gasteiger partial charge in [-0.05, 0) is 36.4 Å². The first-order valence-corrected chi connectivity index (χ1v) is 7.00. The zero-order chi connectivity index (χ0) is 18.2. The lowest BCUT2D eigenvalue weighted by Gasteiger charge is -2.10. The number of amides is 1. The lowest BCUT2D eigenvalue weighted by Crippen LogP contribution is -2.33. The van der Waals surface area contributed by atoms with Crippen LogP contribution in [0.15, 0.2) is 58.1 Å². The summed E-state index contributed by atoms with van der Waals surface area (Å²) in [5, 5.41) is 1.97. The summed E-state index contributed by atoms with van der Waals surface area (Å²) in [6.45, 7) is 0. The number of para-hydroxylation sites is 1. The number of hydrogen-bond donors (Lipinski definition) is 2. The van der Waals surface area contributed by atoms with E-state index in [-0.39, 0.29) is 16.8 Å². The van der Waals surface area contributed by atoms with Gasteiger partial charge in [0.1, 0.15) is 0 Å². The number of rotatable bonds is 2. The Labute approximate surface area is 137 Å². The third-order valence-corrected chi connectivity index (χ3v) is 3.45. The number of hydrogen-bond acceptors (Lipinski definition) is 3. The summed E-state index contributed by atoms with van der Waals surface area (Å²) < 4.78 is 37.5. The molecule has 0 aliphatic carbocycles. The van der Waals surface area contributed by atoms with Crippen LogP contribution < -0.4 is 16.6 Å². The summed E-state index contributed by atoms with van der Waals surface area (Å²) in [5.74, 6) is -2.11. The van der Waals surface area contributed by atoms with Crippen LogP contribution in [0.1, 0.15) is 0 Å². The van der Waals surface area contributed by atoms with E-state index in [2.05, 4.69) is 4.98 Å². The molecule has 3 aromatic rings. The van der Waals surface area contributed by atoms with E-state index in [0.717, 1.165) is 4.57 Å². The molecule has 0 radical (unpaired) electrons. The quantitative estimate of drug-likeness (QED) is 0.744. The van der Waals surface area contributed by atoms with Crippen LogP contribution in [0, 0.1) is 0 Å². The molecule has 0 atom stereocenters. The van der Waals surface area contributed by atoms with Gasteiger partial charge in [-0.1, -0.05) is 12.1 Å². The number of alkyl halides is 3. The number of H-pyrrole nitrogens is 1. The lowest BCUT2D eigenvalue weighted by atomic mass is 10.2. The first kappa shape index (κ1) is 16.5. The number of benzene rings is 2. The van der Waals surface area contributed by atoms with Crippen molar-refractivity contribution in [3.63, 3.8) is 0 Å². The van der Waals surface area contributed by atoms with Gasteiger partial charge in [-0.2, -0.15) is 13.2 Å². The Morgan fingerprint density at radius 3 is 2.28 bits per heavy atom. The van der Waals surface area contributed by atoms with Gasteiger partial charge in [0.2, 0.25) is 0 Å². The van der Waals surface area contributed by atoms with E-state index < -0.39 is 23.3 Å². The molecule has 0 bridgehead atoms. The van der Waals surface area contributed by atoms with Crippen molar-refractivity contribution < 1.29 is 18.0 Å². The molecule has 9 heteroatoms. The zero-order valence-corrected chi connectivity index (χ0v) is 12.4. The van der Waals surface area contributed by atoms with Gasteiger partial charge >= 0.3 is 17.8 Å². The largest absolute Gasteiger partial charge is 0.471 e. The van der Waals surface area contributed by atoms with Gasteiger partial charge in [0.05, 0.1) is 16.6 Å². The van der Waals surface area contributed by atoms with Crippen molar-refractivity contribution >= 4 is 22.5 Å². The van der Waals surface area contributed by atoms with Gasteiger partial charge in [0.15, 0.2) is 0 Å². The first-order chi connectivity index (χ1) is 11.8. The van der Waals surface area contributed by atoms with Crippen molar-refractivity contribution in [2.45, 2.75) is 6.18 Å². The van der Waals surface area contributed by atoms with Crippen LogP contribution in [-0.4, -0.2) is 21.6 Å². The third kappa shape index (κ3) is 3.16. The van der Waals surface area contributed by atoms with Gasteiger partial charge in [-0.3, -0.25) is 9.59 Å². The number of aromatic nitrogens is 2. The SMILES string of the molecule is O=C(Nc1ccc(-n2c(=O)[nH]c3ccccc3c2=O)cc1)C(F)(F)F. The fourth-order valence-electron chi connectivity index (χ4n) is 2.29. The average Bonchev–Trinajstić information content (AvgIpc) is 2.55. The summed E-state index contributed by atoms with van der Waals surface area (Å²) >= 11 is 0. The van der Waals surface area contributed by atoms with Crippen LogP contribution in [0.2, 0.25) is 0 Å². The molecule has 3 rings (SSSR count). The fourth-order valence-corrected chi connectivity index (χ4v) is 2.29. The molecule has 0 aliphatic heterocycles. The number of carbonyl (C=O) groups is 1. The van der Waals surface area contributed by atoms with E-state index in [1.807, 2.05) is 0 Å². The van der Waals surface area contributed by atoms with Crippen molar-refractivity contribution in [2.24, 2.45) is 0 Å². The summed E-state index contributed by atoms with van der Waals surface area (Å²) in [6, 6.07) is 11.3. The second-order valence-electron chi connectivity index (χ2n) is 5.12. The van der Waals surface area contributed by atoms with E-state index in [1.165, 1.54) is 24.3 Å². The molecular weight excluding hydrogens is 339 g/mol. The number of aromatic amines is 1. The van der Waals surface area contributed by atoms with Gasteiger partial charge in [-0.25, -0.2) is 9.36 Å². The number of anilines is 1. The summed E-state index contributed by atoms with van der Waals surface area (Å²) in [4.78, 5) is 38.1. The normalized spacial score (nSPS) is 11.5. The van der Waals surface area contributed by atoms with Gasteiger partial charge < -0.3 is 10.3 Å². The molecule has 128 valence electrons. The Morgan fingerprint density at radius 2 is 1.64 bits per heavy atom. The van der Waals surface area contributed by atoms with Crippen LogP contribution in [0.4, 0.5) is 18.9 Å². The highest BCUT2D eigenvalue weighted by Gasteiger charge is 2.38. The Bertz CT molecular complexity index is 1070. The molecule has 1 amide bonds. The van der Waals surface area contributed by atoms with E-state index in [9.17, 15) is 27.6 Å². The molecular formula is C16H10F3N3O3. The van der Waals surface area contributed by atoms with Crippen LogP contribution in [0.5, 0.6) is 0 Å². The number of nitrogens with zero attached hydrogens (tertiary/aromatic N) is 1. The second kappa shape index (κ2) is 5.93. The van der Waals surface area contributed by atoms with Crippen LogP contribution >= 0.6 is 0 Å². The second-order valence-corrected chi connectivity index (χ2v) is 5.12. The lowest BCUT2D eigenvalue weighted by molar-refractivity contribution is -0.167. The highest BCUT2D eigenvalue weighted by molar-refractivity contribution is 5.94. The van der Waals surface area contributed by atoms with E-state index in [4.69, 9.17) is 0 Å². The Kier molecular flexibility index (Phi) is 3.91. The molecule has 0 fully saturated rings. The van der Waals surface area contributed by atoms with Crippen LogP contribution in [0.3, 0.4) is 0 Å². The van der Waals surface area contributed by atoms with Crippen molar-refractivity contribution in [2.75, 3.05) is 5.32 Å². The van der Waals surface area contributed by atoms with Crippen molar-refractivity contribution in [1.82, 2.24) is 9.55 Å². The third-order valence-electron chi connectivity index (χ3n) is 3.45. The molecule has 2 aromatic carbocycles. The highest BCUT2D eigenvalue weighted by atomic mass is 19.4. The van der Waals surface area contributed by atoms with Gasteiger partial charge in [-0.15, -0.1) is 0 Å². The Morgan fingerprint density at radius 1 is 1.00 bits per heavy atom. The number of halogens is 3. The standard InChI is InChI=1S/C16H10F3N3O3/c17-16(18,19)14(24)20-9-5-7-10(8-6-9)22-13(23)11-3-1-2-4-12(11)21-15(22)25/h1-8H,(H,20,24)(H,21,25). The molecule has 6 nitrogen and oxygen atoms in total. The fraction of sp³-hybridized carbons (Fsp3) is 0.0625. The van der Waals surface area contributed by atoms with E-state index in [1.54, 1.807) is 29.6 Å². The minimum atomic E-state index is -5.01. The Balaban J connectivity index is 2.01. The Hall–Kier alpha value is -3.36. The maximum atomic E-state index is 12.5. The smallest absolute Gasteiger partial charge is 0.318 e. The highest BCUT2D eigenvalue weighted by Crippen LogP contribution is 2.19. The molecule has 0 unspecified atom stereocenters. The average molecular weight is 349 g/mol. The minimum Gasteiger partial charge on any atom is -0.318 e. The number of fused-ring (bicyclic) bond motifs is 1. The van der Waals surface area contributed by atoms with E-state index in [0.29, 0.717) is 5.52 Å². The summed E-state index contributed by atoms with van der Waals surface area (Å²) in [6.07, 6.45) is -5.01. The molecule has 1 heterocycles. The van der Waals surface area contributed by atoms with Crippen LogP contribution in [0.25, 0.3) is 16.6 Å².